The largest absolute Gasteiger partial charge is 0.489 e. The molecule has 0 fully saturated rings. The predicted molar refractivity (Wildman–Crippen MR) is 132 cm³/mol. The van der Waals surface area contributed by atoms with Gasteiger partial charge in [0.1, 0.15) is 25.6 Å². The maximum Gasteiger partial charge on any atom is 0.244 e. The Morgan fingerprint density at radius 2 is 1.74 bits per heavy atom. The molecule has 1 amide bonds. The van der Waals surface area contributed by atoms with Crippen LogP contribution >= 0.6 is 0 Å². The molecule has 4 aromatic rings. The summed E-state index contributed by atoms with van der Waals surface area (Å²) in [5, 5.41) is 6.46. The molecule has 5 rings (SSSR count). The van der Waals surface area contributed by atoms with Gasteiger partial charge in [-0.15, -0.1) is 0 Å². The first-order chi connectivity index (χ1) is 16.7. The molecule has 0 aromatic heterocycles. The summed E-state index contributed by atoms with van der Waals surface area (Å²) in [4.78, 5) is 12.3. The lowest BCUT2D eigenvalue weighted by atomic mass is 10.1. The Hall–Kier alpha value is -4.32. The quantitative estimate of drug-likeness (QED) is 0.320. The van der Waals surface area contributed by atoms with Crippen molar-refractivity contribution in [2.75, 3.05) is 13.2 Å². The molecule has 0 atom stereocenters. The zero-order valence-corrected chi connectivity index (χ0v) is 18.6. The normalized spacial score (nSPS) is 12.6. The van der Waals surface area contributed by atoms with Gasteiger partial charge < -0.3 is 14.2 Å². The second-order valence-electron chi connectivity index (χ2n) is 7.95. The van der Waals surface area contributed by atoms with Gasteiger partial charge in [0, 0.05) is 0 Å². The minimum absolute atomic E-state index is 0.197. The van der Waals surface area contributed by atoms with E-state index in [2.05, 4.69) is 34.8 Å². The Labute approximate surface area is 197 Å². The molecule has 1 aliphatic heterocycles. The monoisotopic (exact) mass is 452 g/mol. The summed E-state index contributed by atoms with van der Waals surface area (Å²) >= 11 is 0. The standard InChI is InChI=1S/C28H24N2O4/c31-28(17-20-11-12-26-27(16-20)33-14-13-32-26)30-29-18-21-5-3-9-24(15-21)34-19-23-8-4-7-22-6-1-2-10-25(22)23/h1-12,15-16,18H,13-14,17,19H2,(H,30,31)/b29-18+. The van der Waals surface area contributed by atoms with Crippen LogP contribution in [0.1, 0.15) is 16.7 Å². The smallest absolute Gasteiger partial charge is 0.244 e. The molecule has 0 saturated carbocycles. The van der Waals surface area contributed by atoms with Crippen LogP contribution in [-0.2, 0) is 17.8 Å². The lowest BCUT2D eigenvalue weighted by Gasteiger charge is -2.18. The number of carbonyl (C=O) groups is 1. The van der Waals surface area contributed by atoms with E-state index in [1.807, 2.05) is 60.7 Å². The topological polar surface area (TPSA) is 69.2 Å². The van der Waals surface area contributed by atoms with Gasteiger partial charge >= 0.3 is 0 Å². The molecule has 6 heteroatoms. The van der Waals surface area contributed by atoms with Crippen molar-refractivity contribution < 1.29 is 19.0 Å². The molecule has 0 aliphatic carbocycles. The number of rotatable bonds is 7. The van der Waals surface area contributed by atoms with Crippen molar-refractivity contribution in [1.82, 2.24) is 5.43 Å². The highest BCUT2D eigenvalue weighted by Gasteiger charge is 2.13. The zero-order valence-electron chi connectivity index (χ0n) is 18.6. The lowest BCUT2D eigenvalue weighted by molar-refractivity contribution is -0.120. The van der Waals surface area contributed by atoms with Crippen LogP contribution in [0.2, 0.25) is 0 Å². The molecule has 1 N–H and O–H groups in total. The van der Waals surface area contributed by atoms with Crippen molar-refractivity contribution in [3.05, 3.63) is 102 Å². The number of hydrazone groups is 1. The molecule has 6 nitrogen and oxygen atoms in total. The van der Waals surface area contributed by atoms with Crippen LogP contribution in [0.3, 0.4) is 0 Å². The van der Waals surface area contributed by atoms with Gasteiger partial charge in [-0.25, -0.2) is 5.43 Å². The molecule has 0 bridgehead atoms. The SMILES string of the molecule is O=C(Cc1ccc2c(c1)OCCO2)N/N=C/c1cccc(OCc2cccc3ccccc23)c1. The highest BCUT2D eigenvalue weighted by Crippen LogP contribution is 2.30. The zero-order chi connectivity index (χ0) is 23.2. The summed E-state index contributed by atoms with van der Waals surface area (Å²) in [5.41, 5.74) is 5.37. The number of fused-ring (bicyclic) bond motifs is 2. The molecular weight excluding hydrogens is 428 g/mol. The lowest BCUT2D eigenvalue weighted by Crippen LogP contribution is -2.20. The number of carbonyl (C=O) groups excluding carboxylic acids is 1. The van der Waals surface area contributed by atoms with E-state index in [-0.39, 0.29) is 12.3 Å². The minimum atomic E-state index is -0.212. The summed E-state index contributed by atoms with van der Waals surface area (Å²) in [6.45, 7) is 1.52. The Kier molecular flexibility index (Phi) is 6.38. The summed E-state index contributed by atoms with van der Waals surface area (Å²) in [5.74, 6) is 1.90. The Bertz CT molecular complexity index is 1340. The van der Waals surface area contributed by atoms with E-state index in [0.29, 0.717) is 31.3 Å². The van der Waals surface area contributed by atoms with Gasteiger partial charge in [0.25, 0.3) is 0 Å². The van der Waals surface area contributed by atoms with Crippen LogP contribution in [0.5, 0.6) is 17.2 Å². The maximum absolute atomic E-state index is 12.3. The van der Waals surface area contributed by atoms with Crippen molar-refractivity contribution in [2.45, 2.75) is 13.0 Å². The Morgan fingerprint density at radius 1 is 0.912 bits per heavy atom. The van der Waals surface area contributed by atoms with E-state index in [4.69, 9.17) is 14.2 Å². The fourth-order valence-corrected chi connectivity index (χ4v) is 3.87. The van der Waals surface area contributed by atoms with Gasteiger partial charge in [0.2, 0.25) is 5.91 Å². The highest BCUT2D eigenvalue weighted by atomic mass is 16.6. The van der Waals surface area contributed by atoms with E-state index in [0.717, 1.165) is 22.4 Å². The maximum atomic E-state index is 12.3. The van der Waals surface area contributed by atoms with E-state index in [1.165, 1.54) is 10.8 Å². The number of benzene rings is 4. The van der Waals surface area contributed by atoms with Crippen molar-refractivity contribution in [2.24, 2.45) is 5.10 Å². The minimum Gasteiger partial charge on any atom is -0.489 e. The average molecular weight is 453 g/mol. The highest BCUT2D eigenvalue weighted by molar-refractivity contribution is 5.86. The van der Waals surface area contributed by atoms with Crippen molar-refractivity contribution in [3.8, 4) is 17.2 Å². The molecule has 1 heterocycles. The Balaban J connectivity index is 1.17. The Morgan fingerprint density at radius 3 is 2.68 bits per heavy atom. The van der Waals surface area contributed by atoms with Crippen molar-refractivity contribution >= 4 is 22.9 Å². The first-order valence-electron chi connectivity index (χ1n) is 11.1. The van der Waals surface area contributed by atoms with Crippen LogP contribution in [0.25, 0.3) is 10.8 Å². The number of amides is 1. The van der Waals surface area contributed by atoms with Crippen LogP contribution in [0.4, 0.5) is 0 Å². The van der Waals surface area contributed by atoms with E-state index in [1.54, 1.807) is 6.21 Å². The van der Waals surface area contributed by atoms with Gasteiger partial charge in [-0.05, 0) is 51.7 Å². The van der Waals surface area contributed by atoms with Crippen LogP contribution < -0.4 is 19.6 Å². The summed E-state index contributed by atoms with van der Waals surface area (Å²) in [7, 11) is 0. The van der Waals surface area contributed by atoms with Crippen molar-refractivity contribution in [3.63, 3.8) is 0 Å². The first kappa shape index (κ1) is 21.5. The molecule has 0 unspecified atom stereocenters. The number of hydrogen-bond acceptors (Lipinski definition) is 5. The third kappa shape index (κ3) is 5.18. The van der Waals surface area contributed by atoms with E-state index >= 15 is 0 Å². The molecule has 0 spiro atoms. The number of nitrogens with zero attached hydrogens (tertiary/aromatic N) is 1. The number of nitrogens with one attached hydrogen (secondary N) is 1. The number of ether oxygens (including phenoxy) is 3. The number of hydrogen-bond donors (Lipinski definition) is 1. The van der Waals surface area contributed by atoms with Crippen molar-refractivity contribution in [1.29, 1.82) is 0 Å². The van der Waals surface area contributed by atoms with Gasteiger partial charge in [0.05, 0.1) is 12.6 Å². The third-order valence-electron chi connectivity index (χ3n) is 5.51. The van der Waals surface area contributed by atoms with Gasteiger partial charge in [-0.3, -0.25) is 4.79 Å². The predicted octanol–water partition coefficient (Wildman–Crippen LogP) is 4.88. The van der Waals surface area contributed by atoms with Gasteiger partial charge in [0.15, 0.2) is 11.5 Å². The molecular formula is C28H24N2O4. The molecule has 34 heavy (non-hydrogen) atoms. The fraction of sp³-hybridized carbons (Fsp3) is 0.143. The summed E-state index contributed by atoms with van der Waals surface area (Å²) in [6.07, 6.45) is 1.80. The molecule has 0 radical (unpaired) electrons. The molecule has 1 aliphatic rings. The fourth-order valence-electron chi connectivity index (χ4n) is 3.87. The second kappa shape index (κ2) is 10.1. The second-order valence-corrected chi connectivity index (χ2v) is 7.95. The summed E-state index contributed by atoms with van der Waals surface area (Å²) in [6, 6.07) is 27.6. The van der Waals surface area contributed by atoms with Gasteiger partial charge in [-0.1, -0.05) is 60.7 Å². The van der Waals surface area contributed by atoms with Gasteiger partial charge in [-0.2, -0.15) is 5.10 Å². The van der Waals surface area contributed by atoms with E-state index < -0.39 is 0 Å². The van der Waals surface area contributed by atoms with Crippen LogP contribution in [-0.4, -0.2) is 25.3 Å². The van der Waals surface area contributed by atoms with Crippen LogP contribution in [0.15, 0.2) is 90.0 Å². The molecule has 0 saturated heterocycles. The average Bonchev–Trinajstić information content (AvgIpc) is 2.87. The summed E-state index contributed by atoms with van der Waals surface area (Å²) < 4.78 is 17.1. The molecule has 170 valence electrons. The van der Waals surface area contributed by atoms with E-state index in [9.17, 15) is 4.79 Å². The third-order valence-corrected chi connectivity index (χ3v) is 5.51. The van der Waals surface area contributed by atoms with Crippen LogP contribution in [0, 0.1) is 0 Å². The molecule has 4 aromatic carbocycles. The first-order valence-corrected chi connectivity index (χ1v) is 11.1.